The normalized spacial score (nSPS) is 13.2. The third-order valence-corrected chi connectivity index (χ3v) is 1.94. The Hall–Kier alpha value is -0.850. The molecule has 1 nitrogen and oxygen atoms in total. The fourth-order valence-electron chi connectivity index (χ4n) is 1.05. The highest BCUT2D eigenvalue weighted by Gasteiger charge is 2.08. The molecule has 0 aromatic heterocycles. The molecule has 0 bridgehead atoms. The van der Waals surface area contributed by atoms with E-state index in [9.17, 15) is 4.79 Å². The average Bonchev–Trinajstić information content (AvgIpc) is 2.10. The number of carbonyl (C=O) groups is 1. The van der Waals surface area contributed by atoms with Gasteiger partial charge < -0.3 is 0 Å². The van der Waals surface area contributed by atoms with E-state index >= 15 is 0 Å². The topological polar surface area (TPSA) is 17.1 Å². The number of hydrogen-bond acceptors (Lipinski definition) is 1. The molecule has 0 fully saturated rings. The summed E-state index contributed by atoms with van der Waals surface area (Å²) in [6.45, 7) is 7.48. The van der Waals surface area contributed by atoms with E-state index < -0.39 is 0 Å². The molecule has 0 aromatic rings. The molecule has 0 saturated carbocycles. The van der Waals surface area contributed by atoms with Gasteiger partial charge in [-0.1, -0.05) is 38.7 Å². The number of ketones is 1. The Balaban J connectivity index is 3.56. The molecule has 1 heteroatoms. The molecule has 0 N–H and O–H groups in total. The lowest BCUT2D eigenvalue weighted by molar-refractivity contribution is -0.122. The minimum atomic E-state index is 0.212. The molecule has 0 radical (unpaired) electrons. The molecule has 1 atom stereocenters. The Morgan fingerprint density at radius 1 is 1.58 bits per heavy atom. The van der Waals surface area contributed by atoms with Crippen LogP contribution in [0.3, 0.4) is 0 Å². The predicted molar refractivity (Wildman–Crippen MR) is 53.0 cm³/mol. The van der Waals surface area contributed by atoms with E-state index in [1.165, 1.54) is 0 Å². The van der Waals surface area contributed by atoms with Gasteiger partial charge in [0.2, 0.25) is 0 Å². The molecule has 0 amide bonds. The second-order valence-corrected chi connectivity index (χ2v) is 2.96. The van der Waals surface area contributed by atoms with Crippen LogP contribution in [0, 0.1) is 5.92 Å². The molecule has 0 saturated heterocycles. The Bertz CT molecular complexity index is 168. The second-order valence-electron chi connectivity index (χ2n) is 2.96. The molecule has 68 valence electrons. The van der Waals surface area contributed by atoms with Gasteiger partial charge in [0.1, 0.15) is 5.78 Å². The van der Waals surface area contributed by atoms with Crippen LogP contribution in [0.4, 0.5) is 0 Å². The van der Waals surface area contributed by atoms with Gasteiger partial charge in [0.15, 0.2) is 0 Å². The fraction of sp³-hybridized carbons (Fsp3) is 0.545. The van der Waals surface area contributed by atoms with Crippen molar-refractivity contribution >= 4 is 5.78 Å². The molecule has 0 rings (SSSR count). The van der Waals surface area contributed by atoms with Gasteiger partial charge in [-0.25, -0.2) is 0 Å². The first-order chi connectivity index (χ1) is 5.72. The Morgan fingerprint density at radius 2 is 2.25 bits per heavy atom. The number of allylic oxidation sites excluding steroid dienone is 3. The Labute approximate surface area is 75.2 Å². The third-order valence-electron chi connectivity index (χ3n) is 1.94. The van der Waals surface area contributed by atoms with Crippen LogP contribution in [0.15, 0.2) is 24.8 Å². The zero-order chi connectivity index (χ0) is 9.40. The fourth-order valence-corrected chi connectivity index (χ4v) is 1.05. The SMILES string of the molecule is C=C/C=C/CCC(C)C(=O)CC. The molecule has 0 spiro atoms. The van der Waals surface area contributed by atoms with Crippen molar-refractivity contribution in [3.05, 3.63) is 24.8 Å². The van der Waals surface area contributed by atoms with Crippen molar-refractivity contribution in [1.82, 2.24) is 0 Å². The monoisotopic (exact) mass is 166 g/mol. The van der Waals surface area contributed by atoms with Gasteiger partial charge in [0, 0.05) is 12.3 Å². The minimum absolute atomic E-state index is 0.212. The van der Waals surface area contributed by atoms with Crippen molar-refractivity contribution in [1.29, 1.82) is 0 Å². The standard InChI is InChI=1S/C11H18O/c1-4-6-7-8-9-10(3)11(12)5-2/h4,6-7,10H,1,5,8-9H2,2-3H3/b7-6+. The van der Waals surface area contributed by atoms with E-state index in [1.807, 2.05) is 26.0 Å². The molecule has 0 aliphatic rings. The van der Waals surface area contributed by atoms with Crippen LogP contribution in [0.25, 0.3) is 0 Å². The highest BCUT2D eigenvalue weighted by molar-refractivity contribution is 5.80. The predicted octanol–water partition coefficient (Wildman–Crippen LogP) is 3.12. The Morgan fingerprint density at radius 3 is 2.75 bits per heavy atom. The van der Waals surface area contributed by atoms with E-state index in [-0.39, 0.29) is 5.92 Å². The third kappa shape index (κ3) is 4.89. The average molecular weight is 166 g/mol. The van der Waals surface area contributed by atoms with Crippen molar-refractivity contribution in [2.45, 2.75) is 33.1 Å². The largest absolute Gasteiger partial charge is 0.299 e. The smallest absolute Gasteiger partial charge is 0.135 e. The molecular weight excluding hydrogens is 148 g/mol. The van der Waals surface area contributed by atoms with E-state index in [4.69, 9.17) is 0 Å². The lowest BCUT2D eigenvalue weighted by Gasteiger charge is -2.05. The van der Waals surface area contributed by atoms with Crippen LogP contribution in [0.1, 0.15) is 33.1 Å². The summed E-state index contributed by atoms with van der Waals surface area (Å²) in [5.74, 6) is 0.575. The first kappa shape index (κ1) is 11.2. The first-order valence-electron chi connectivity index (χ1n) is 4.52. The Kier molecular flexibility index (Phi) is 6.35. The first-order valence-corrected chi connectivity index (χ1v) is 4.52. The second kappa shape index (κ2) is 6.84. The van der Waals surface area contributed by atoms with Gasteiger partial charge in [0.25, 0.3) is 0 Å². The van der Waals surface area contributed by atoms with Crippen LogP contribution in [0.2, 0.25) is 0 Å². The maximum atomic E-state index is 11.1. The van der Waals surface area contributed by atoms with Gasteiger partial charge in [-0.15, -0.1) is 0 Å². The van der Waals surface area contributed by atoms with Crippen molar-refractivity contribution in [2.24, 2.45) is 5.92 Å². The number of carbonyl (C=O) groups excluding carboxylic acids is 1. The molecule has 0 aliphatic heterocycles. The zero-order valence-electron chi connectivity index (χ0n) is 8.05. The minimum Gasteiger partial charge on any atom is -0.299 e. The van der Waals surface area contributed by atoms with Crippen molar-refractivity contribution in [3.63, 3.8) is 0 Å². The molecule has 1 unspecified atom stereocenters. The summed E-state index contributed by atoms with van der Waals surface area (Å²) >= 11 is 0. The quantitative estimate of drug-likeness (QED) is 0.554. The summed E-state index contributed by atoms with van der Waals surface area (Å²) in [5, 5.41) is 0. The van der Waals surface area contributed by atoms with Crippen LogP contribution in [-0.4, -0.2) is 5.78 Å². The zero-order valence-corrected chi connectivity index (χ0v) is 8.05. The summed E-state index contributed by atoms with van der Waals surface area (Å²) in [6, 6.07) is 0. The maximum absolute atomic E-state index is 11.1. The highest BCUT2D eigenvalue weighted by atomic mass is 16.1. The van der Waals surface area contributed by atoms with Gasteiger partial charge in [0.05, 0.1) is 0 Å². The van der Waals surface area contributed by atoms with E-state index in [0.717, 1.165) is 12.8 Å². The van der Waals surface area contributed by atoms with E-state index in [2.05, 4.69) is 6.58 Å². The lowest BCUT2D eigenvalue weighted by atomic mass is 9.99. The van der Waals surface area contributed by atoms with Gasteiger partial charge in [-0.05, 0) is 12.8 Å². The van der Waals surface area contributed by atoms with Crippen molar-refractivity contribution in [3.8, 4) is 0 Å². The summed E-state index contributed by atoms with van der Waals surface area (Å²) in [4.78, 5) is 11.1. The summed E-state index contributed by atoms with van der Waals surface area (Å²) < 4.78 is 0. The molecular formula is C11H18O. The number of hydrogen-bond donors (Lipinski definition) is 0. The maximum Gasteiger partial charge on any atom is 0.135 e. The van der Waals surface area contributed by atoms with Crippen LogP contribution in [-0.2, 0) is 4.79 Å². The van der Waals surface area contributed by atoms with E-state index in [1.54, 1.807) is 6.08 Å². The van der Waals surface area contributed by atoms with Crippen LogP contribution < -0.4 is 0 Å². The lowest BCUT2D eigenvalue weighted by Crippen LogP contribution is -2.08. The summed E-state index contributed by atoms with van der Waals surface area (Å²) in [7, 11) is 0. The summed E-state index contributed by atoms with van der Waals surface area (Å²) in [6.07, 6.45) is 8.31. The van der Waals surface area contributed by atoms with Crippen LogP contribution in [0.5, 0.6) is 0 Å². The van der Waals surface area contributed by atoms with Crippen molar-refractivity contribution in [2.75, 3.05) is 0 Å². The van der Waals surface area contributed by atoms with Crippen molar-refractivity contribution < 1.29 is 4.79 Å². The molecule has 0 aliphatic carbocycles. The van der Waals surface area contributed by atoms with Gasteiger partial charge in [-0.3, -0.25) is 4.79 Å². The van der Waals surface area contributed by atoms with E-state index in [0.29, 0.717) is 12.2 Å². The van der Waals surface area contributed by atoms with Gasteiger partial charge in [-0.2, -0.15) is 0 Å². The summed E-state index contributed by atoms with van der Waals surface area (Å²) in [5.41, 5.74) is 0. The molecule has 0 heterocycles. The number of rotatable bonds is 6. The number of Topliss-reactive ketones (excluding diaryl/α,β-unsaturated/α-hetero) is 1. The molecule has 0 aromatic carbocycles. The van der Waals surface area contributed by atoms with Crippen LogP contribution >= 0.6 is 0 Å². The molecule has 12 heavy (non-hydrogen) atoms. The highest BCUT2D eigenvalue weighted by Crippen LogP contribution is 2.09. The van der Waals surface area contributed by atoms with Gasteiger partial charge >= 0.3 is 0 Å².